The number of benzene rings is 4. The molecule has 4 aliphatic rings. The maximum atomic E-state index is 16.7. The van der Waals surface area contributed by atoms with Crippen LogP contribution in [0.3, 0.4) is 0 Å². The molecule has 4 aromatic carbocycles. The molecule has 264 valence electrons. The molecule has 0 N–H and O–H groups in total. The van der Waals surface area contributed by atoms with E-state index < -0.39 is 63.5 Å². The minimum absolute atomic E-state index is 0.0430. The van der Waals surface area contributed by atoms with Crippen molar-refractivity contribution in [3.63, 3.8) is 0 Å². The summed E-state index contributed by atoms with van der Waals surface area (Å²) in [5.74, 6) is -5.80. The third-order valence-electron chi connectivity index (χ3n) is 10.5. The molecule has 0 saturated heterocycles. The Kier molecular flexibility index (Phi) is 8.83. The Morgan fingerprint density at radius 1 is 0.509 bits per heavy atom. The van der Waals surface area contributed by atoms with Crippen molar-refractivity contribution in [2.75, 3.05) is 13.1 Å². The van der Waals surface area contributed by atoms with E-state index in [1.54, 1.807) is 85.0 Å². The van der Waals surface area contributed by atoms with Crippen molar-refractivity contribution in [1.29, 1.82) is 0 Å². The van der Waals surface area contributed by atoms with E-state index in [0.717, 1.165) is 34.1 Å². The van der Waals surface area contributed by atoms with Crippen molar-refractivity contribution in [2.24, 2.45) is 0 Å². The topological polar surface area (TPSA) is 74.8 Å². The molecule has 0 unspecified atom stereocenters. The minimum atomic E-state index is -5.06. The first kappa shape index (κ1) is 34.6. The van der Waals surface area contributed by atoms with Crippen LogP contribution in [-0.2, 0) is 29.4 Å². The molecule has 11 heteroatoms. The van der Waals surface area contributed by atoms with Crippen LogP contribution < -0.4 is 7.74 Å². The Bertz CT molecular complexity index is 2130. The summed E-state index contributed by atoms with van der Waals surface area (Å²) in [7, 11) is 0. The zero-order valence-electron chi connectivity index (χ0n) is 28.2. The molecule has 0 atom stereocenters. The van der Waals surface area contributed by atoms with Crippen LogP contribution in [0.2, 0.25) is 0 Å². The second kappa shape index (κ2) is 13.5. The summed E-state index contributed by atoms with van der Waals surface area (Å²) in [5.41, 5.74) is 1.41. The molecule has 0 spiro atoms. The Labute approximate surface area is 305 Å². The van der Waals surface area contributed by atoms with Gasteiger partial charge in [0.2, 0.25) is 0 Å². The fourth-order valence-corrected chi connectivity index (χ4v) is 16.2. The van der Waals surface area contributed by atoms with E-state index in [1.807, 2.05) is 0 Å². The van der Waals surface area contributed by atoms with Gasteiger partial charge in [-0.25, -0.2) is 0 Å². The molecular weight excluding hydrogens is 720 g/mol. The van der Waals surface area contributed by atoms with E-state index in [2.05, 4.69) is 0 Å². The van der Waals surface area contributed by atoms with E-state index in [0.29, 0.717) is 7.76 Å². The van der Waals surface area contributed by atoms with Crippen molar-refractivity contribution in [3.05, 3.63) is 174 Å². The zero-order valence-corrected chi connectivity index (χ0v) is 29.7. The van der Waals surface area contributed by atoms with Gasteiger partial charge in [0.1, 0.15) is 0 Å². The summed E-state index contributed by atoms with van der Waals surface area (Å²) in [5, 5.41) is 0. The third kappa shape index (κ3) is 5.59. The number of amides is 4. The number of carbonyl (C=O) groups excluding carboxylic acids is 4. The molecule has 8 rings (SSSR count). The SMILES string of the molecule is O=C1c2ccccc2C(=O)N1CCc1cc(F)[c]([Ti]([C]2=CC=CC2)([C]2=CC=CC2)[c]2c(F)cc(CCN3C(=O)c4ccccc4C3=O)cc2F)c(F)c1. The van der Waals surface area contributed by atoms with Crippen LogP contribution in [0.15, 0.2) is 117 Å². The van der Waals surface area contributed by atoms with Gasteiger partial charge in [0.15, 0.2) is 0 Å². The molecule has 2 heterocycles. The molecule has 2 aliphatic heterocycles. The van der Waals surface area contributed by atoms with Crippen LogP contribution in [0.5, 0.6) is 0 Å². The van der Waals surface area contributed by atoms with Crippen molar-refractivity contribution in [2.45, 2.75) is 25.7 Å². The van der Waals surface area contributed by atoms with Crippen LogP contribution in [0.25, 0.3) is 0 Å². The number of nitrogens with zero attached hydrogens (tertiary/aromatic N) is 2. The van der Waals surface area contributed by atoms with Crippen LogP contribution in [0, 0.1) is 23.3 Å². The number of allylic oxidation sites excluding steroid dienone is 8. The second-order valence-electron chi connectivity index (χ2n) is 13.4. The number of hydrogen-bond donors (Lipinski definition) is 0. The van der Waals surface area contributed by atoms with Gasteiger partial charge in [-0.1, -0.05) is 0 Å². The van der Waals surface area contributed by atoms with Gasteiger partial charge in [-0.3, -0.25) is 0 Å². The summed E-state index contributed by atoms with van der Waals surface area (Å²) in [6, 6.07) is 17.3. The van der Waals surface area contributed by atoms with Crippen LogP contribution in [-0.4, -0.2) is 46.5 Å². The van der Waals surface area contributed by atoms with Gasteiger partial charge in [0.05, 0.1) is 0 Å². The fraction of sp³-hybridized carbons (Fsp3) is 0.143. The number of halogens is 4. The molecule has 0 fully saturated rings. The Hall–Kier alpha value is -5.45. The van der Waals surface area contributed by atoms with Gasteiger partial charge < -0.3 is 0 Å². The van der Waals surface area contributed by atoms with Gasteiger partial charge in [-0.2, -0.15) is 0 Å². The van der Waals surface area contributed by atoms with Crippen molar-refractivity contribution in [3.8, 4) is 0 Å². The number of imide groups is 2. The first-order valence-electron chi connectivity index (χ1n) is 17.2. The zero-order chi connectivity index (χ0) is 37.0. The summed E-state index contributed by atoms with van der Waals surface area (Å²) in [6.07, 6.45) is 10.8. The average molecular weight is 751 g/mol. The van der Waals surface area contributed by atoms with E-state index in [1.165, 1.54) is 0 Å². The van der Waals surface area contributed by atoms with Crippen molar-refractivity contribution >= 4 is 31.4 Å². The first-order valence-corrected chi connectivity index (χ1v) is 20.3. The normalized spacial score (nSPS) is 16.2. The van der Waals surface area contributed by atoms with Crippen LogP contribution >= 0.6 is 0 Å². The standard InChI is InChI=1S/2C16H10F2NO2.2C5H5.Ti/c2*17-11-7-10(8-12(18)9-11)5-6-19-15(20)13-3-1-2-4-14(13)16(19)21;2*1-2-4-5-3-1;/h2*1-4,7-8H,5-6H2;2*1-3H,4H2;. The summed E-state index contributed by atoms with van der Waals surface area (Å²) in [6.45, 7) is -0.237. The van der Waals surface area contributed by atoms with Gasteiger partial charge in [0, 0.05) is 0 Å². The van der Waals surface area contributed by atoms with E-state index in [9.17, 15) is 19.2 Å². The van der Waals surface area contributed by atoms with Gasteiger partial charge >= 0.3 is 307 Å². The fourth-order valence-electron chi connectivity index (χ4n) is 8.05. The number of hydrogen-bond acceptors (Lipinski definition) is 4. The molecule has 4 aromatic rings. The number of rotatable bonds is 10. The number of fused-ring (bicyclic) bond motifs is 2. The average Bonchev–Trinajstić information content (AvgIpc) is 3.96. The summed E-state index contributed by atoms with van der Waals surface area (Å²) in [4.78, 5) is 53.7. The quantitative estimate of drug-likeness (QED) is 0.103. The molecule has 2 aliphatic carbocycles. The monoisotopic (exact) mass is 750 g/mol. The third-order valence-corrected chi connectivity index (χ3v) is 18.5. The molecule has 53 heavy (non-hydrogen) atoms. The molecule has 0 saturated carbocycles. The Morgan fingerprint density at radius 2 is 0.830 bits per heavy atom. The van der Waals surface area contributed by atoms with Crippen molar-refractivity contribution < 1.29 is 53.3 Å². The Morgan fingerprint density at radius 3 is 1.11 bits per heavy atom. The number of carbonyl (C=O) groups is 4. The van der Waals surface area contributed by atoms with Gasteiger partial charge in [-0.05, 0) is 0 Å². The van der Waals surface area contributed by atoms with Crippen LogP contribution in [0.1, 0.15) is 65.4 Å². The van der Waals surface area contributed by atoms with Gasteiger partial charge in [0.25, 0.3) is 0 Å². The molecule has 0 aromatic heterocycles. The van der Waals surface area contributed by atoms with Crippen LogP contribution in [0.4, 0.5) is 17.6 Å². The Balaban J connectivity index is 1.15. The summed E-state index contributed by atoms with van der Waals surface area (Å²) < 4.78 is 67.3. The van der Waals surface area contributed by atoms with E-state index >= 15 is 17.6 Å². The molecule has 6 nitrogen and oxygen atoms in total. The van der Waals surface area contributed by atoms with E-state index in [-0.39, 0.29) is 79.9 Å². The predicted molar refractivity (Wildman–Crippen MR) is 187 cm³/mol. The van der Waals surface area contributed by atoms with E-state index in [4.69, 9.17) is 0 Å². The maximum absolute atomic E-state index is 16.7. The van der Waals surface area contributed by atoms with Crippen molar-refractivity contribution in [1.82, 2.24) is 9.80 Å². The summed E-state index contributed by atoms with van der Waals surface area (Å²) >= 11 is -5.06. The molecular formula is C42H30F4N2O4Ti. The molecule has 0 bridgehead atoms. The molecule has 4 amide bonds. The first-order chi connectivity index (χ1) is 25.6. The predicted octanol–water partition coefficient (Wildman–Crippen LogP) is 6.71. The second-order valence-corrected chi connectivity index (χ2v) is 19.3. The molecule has 0 radical (unpaired) electrons. The van der Waals surface area contributed by atoms with Gasteiger partial charge in [-0.15, -0.1) is 0 Å².